The smallest absolute Gasteiger partial charge is 0.267 e. The lowest BCUT2D eigenvalue weighted by Gasteiger charge is -2.21. The van der Waals surface area contributed by atoms with Crippen LogP contribution in [0.2, 0.25) is 0 Å². The second-order valence-corrected chi connectivity index (χ2v) is 7.07. The van der Waals surface area contributed by atoms with Gasteiger partial charge in [-0.2, -0.15) is 0 Å². The van der Waals surface area contributed by atoms with Gasteiger partial charge in [0.1, 0.15) is 5.69 Å². The maximum absolute atomic E-state index is 12.4. The fourth-order valence-corrected chi connectivity index (χ4v) is 3.98. The third-order valence-corrected chi connectivity index (χ3v) is 5.18. The van der Waals surface area contributed by atoms with Crippen molar-refractivity contribution < 1.29 is 4.79 Å². The van der Waals surface area contributed by atoms with Crippen LogP contribution in [0.5, 0.6) is 0 Å². The van der Waals surface area contributed by atoms with Crippen molar-refractivity contribution >= 4 is 21.8 Å². The molecule has 2 aliphatic heterocycles. The van der Waals surface area contributed by atoms with Gasteiger partial charge in [0.25, 0.3) is 5.91 Å². The molecule has 5 heteroatoms. The van der Waals surface area contributed by atoms with Crippen molar-refractivity contribution in [3.05, 3.63) is 46.6 Å². The van der Waals surface area contributed by atoms with Crippen LogP contribution >= 0.6 is 15.9 Å². The van der Waals surface area contributed by atoms with Crippen LogP contribution < -0.4 is 10.6 Å². The summed E-state index contributed by atoms with van der Waals surface area (Å²) in [6, 6.07) is 13.2. The lowest BCUT2D eigenvalue weighted by atomic mass is 9.95. The Morgan fingerprint density at radius 3 is 2.86 bits per heavy atom. The van der Waals surface area contributed by atoms with Crippen molar-refractivity contribution in [1.82, 2.24) is 15.6 Å². The highest BCUT2D eigenvalue weighted by atomic mass is 79.9. The number of hydrogen-bond donors (Lipinski definition) is 3. The average molecular weight is 360 g/mol. The first-order valence-electron chi connectivity index (χ1n) is 7.71. The molecule has 0 unspecified atom stereocenters. The molecule has 0 spiro atoms. The Bertz CT molecular complexity index is 711. The second kappa shape index (κ2) is 5.56. The predicted molar refractivity (Wildman–Crippen MR) is 89.7 cm³/mol. The van der Waals surface area contributed by atoms with E-state index in [1.165, 1.54) is 12.8 Å². The molecule has 114 valence electrons. The molecule has 1 aromatic heterocycles. The number of benzene rings is 1. The molecule has 3 heterocycles. The minimum absolute atomic E-state index is 0.0133. The van der Waals surface area contributed by atoms with E-state index in [-0.39, 0.29) is 11.9 Å². The molecular weight excluding hydrogens is 342 g/mol. The largest absolute Gasteiger partial charge is 0.351 e. The standard InChI is InChI=1S/C17H18BrN3O/c18-11-3-1-2-10(8-11)13-6-7-15(20-13)17(22)21-16-9-12-4-5-14(16)19-12/h1-3,6-8,12,14,16,19-20H,4-5,9H2,(H,21,22)/t12-,14+,16-/m1/s1. The summed E-state index contributed by atoms with van der Waals surface area (Å²) >= 11 is 3.47. The molecule has 3 atom stereocenters. The van der Waals surface area contributed by atoms with Crippen LogP contribution in [0.15, 0.2) is 40.9 Å². The number of amides is 1. The van der Waals surface area contributed by atoms with Crippen LogP contribution in [0.25, 0.3) is 11.3 Å². The fourth-order valence-electron chi connectivity index (χ4n) is 3.58. The molecule has 4 rings (SSSR count). The van der Waals surface area contributed by atoms with Gasteiger partial charge in [0.15, 0.2) is 0 Å². The van der Waals surface area contributed by atoms with Crippen molar-refractivity contribution in [1.29, 1.82) is 0 Å². The molecule has 2 aliphatic rings. The van der Waals surface area contributed by atoms with Crippen LogP contribution in [-0.2, 0) is 0 Å². The minimum atomic E-state index is -0.0133. The molecule has 1 aromatic carbocycles. The SMILES string of the molecule is O=C(N[C@@H]1C[C@H]2CC[C@@H]1N2)c1ccc(-c2cccc(Br)c2)[nH]1. The summed E-state index contributed by atoms with van der Waals surface area (Å²) in [5.74, 6) is -0.0133. The zero-order valence-corrected chi connectivity index (χ0v) is 13.7. The minimum Gasteiger partial charge on any atom is -0.351 e. The summed E-state index contributed by atoms with van der Waals surface area (Å²) in [4.78, 5) is 15.6. The molecular formula is C17H18BrN3O. The Labute approximate surface area is 137 Å². The number of aromatic nitrogens is 1. The van der Waals surface area contributed by atoms with E-state index in [1.807, 2.05) is 36.4 Å². The van der Waals surface area contributed by atoms with Gasteiger partial charge in [-0.3, -0.25) is 4.79 Å². The Kier molecular flexibility index (Phi) is 3.54. The zero-order valence-electron chi connectivity index (χ0n) is 12.1. The van der Waals surface area contributed by atoms with E-state index >= 15 is 0 Å². The third-order valence-electron chi connectivity index (χ3n) is 4.68. The van der Waals surface area contributed by atoms with Gasteiger partial charge in [-0.25, -0.2) is 0 Å². The molecule has 2 bridgehead atoms. The van der Waals surface area contributed by atoms with E-state index in [0.717, 1.165) is 22.2 Å². The van der Waals surface area contributed by atoms with Gasteiger partial charge in [0.05, 0.1) is 0 Å². The Morgan fingerprint density at radius 1 is 1.23 bits per heavy atom. The average Bonchev–Trinajstić information content (AvgIpc) is 3.23. The molecule has 2 fully saturated rings. The lowest BCUT2D eigenvalue weighted by molar-refractivity contribution is 0.0926. The topological polar surface area (TPSA) is 56.9 Å². The quantitative estimate of drug-likeness (QED) is 0.788. The number of H-pyrrole nitrogens is 1. The highest BCUT2D eigenvalue weighted by Crippen LogP contribution is 2.28. The van der Waals surface area contributed by atoms with Crippen molar-refractivity contribution in [2.24, 2.45) is 0 Å². The number of aromatic amines is 1. The molecule has 4 nitrogen and oxygen atoms in total. The molecule has 2 saturated heterocycles. The van der Waals surface area contributed by atoms with Crippen LogP contribution in [0.4, 0.5) is 0 Å². The highest BCUT2D eigenvalue weighted by Gasteiger charge is 2.39. The number of rotatable bonds is 3. The number of halogens is 1. The van der Waals surface area contributed by atoms with Crippen molar-refractivity contribution in [3.63, 3.8) is 0 Å². The summed E-state index contributed by atoms with van der Waals surface area (Å²) < 4.78 is 1.03. The molecule has 0 saturated carbocycles. The lowest BCUT2D eigenvalue weighted by Crippen LogP contribution is -2.43. The summed E-state index contributed by atoms with van der Waals surface area (Å²) in [5, 5.41) is 6.70. The van der Waals surface area contributed by atoms with Crippen LogP contribution in [0.3, 0.4) is 0 Å². The first-order chi connectivity index (χ1) is 10.7. The Hall–Kier alpha value is -1.59. The van der Waals surface area contributed by atoms with E-state index < -0.39 is 0 Å². The number of nitrogens with one attached hydrogen (secondary N) is 3. The molecule has 0 radical (unpaired) electrons. The van der Waals surface area contributed by atoms with Gasteiger partial charge in [-0.05, 0) is 49.1 Å². The molecule has 0 aliphatic carbocycles. The number of fused-ring (bicyclic) bond motifs is 2. The predicted octanol–water partition coefficient (Wildman–Crippen LogP) is 3.07. The Balaban J connectivity index is 1.48. The van der Waals surface area contributed by atoms with E-state index in [9.17, 15) is 4.79 Å². The first-order valence-corrected chi connectivity index (χ1v) is 8.50. The van der Waals surface area contributed by atoms with E-state index in [4.69, 9.17) is 0 Å². The fraction of sp³-hybridized carbons (Fsp3) is 0.353. The van der Waals surface area contributed by atoms with E-state index in [2.05, 4.69) is 31.5 Å². The van der Waals surface area contributed by atoms with Gasteiger partial charge >= 0.3 is 0 Å². The summed E-state index contributed by atoms with van der Waals surface area (Å²) in [7, 11) is 0. The van der Waals surface area contributed by atoms with Crippen molar-refractivity contribution in [3.8, 4) is 11.3 Å². The molecule has 22 heavy (non-hydrogen) atoms. The van der Waals surface area contributed by atoms with Crippen LogP contribution in [0, 0.1) is 0 Å². The second-order valence-electron chi connectivity index (χ2n) is 6.16. The third kappa shape index (κ3) is 2.59. The van der Waals surface area contributed by atoms with Crippen LogP contribution in [-0.4, -0.2) is 29.0 Å². The van der Waals surface area contributed by atoms with Gasteiger partial charge in [0.2, 0.25) is 0 Å². The Morgan fingerprint density at radius 2 is 2.14 bits per heavy atom. The van der Waals surface area contributed by atoms with Gasteiger partial charge < -0.3 is 15.6 Å². The van der Waals surface area contributed by atoms with E-state index in [1.54, 1.807) is 0 Å². The zero-order chi connectivity index (χ0) is 15.1. The monoisotopic (exact) mass is 359 g/mol. The normalized spacial score (nSPS) is 26.3. The number of carbonyl (C=O) groups is 1. The maximum Gasteiger partial charge on any atom is 0.267 e. The summed E-state index contributed by atoms with van der Waals surface area (Å²) in [6.45, 7) is 0. The molecule has 3 N–H and O–H groups in total. The molecule has 2 aromatic rings. The highest BCUT2D eigenvalue weighted by molar-refractivity contribution is 9.10. The summed E-state index contributed by atoms with van der Waals surface area (Å²) in [6.07, 6.45) is 3.46. The van der Waals surface area contributed by atoms with E-state index in [0.29, 0.717) is 17.8 Å². The first kappa shape index (κ1) is 14.0. The number of hydrogen-bond acceptors (Lipinski definition) is 2. The van der Waals surface area contributed by atoms with Gasteiger partial charge in [-0.1, -0.05) is 28.1 Å². The van der Waals surface area contributed by atoms with Gasteiger partial charge in [0, 0.05) is 28.3 Å². The van der Waals surface area contributed by atoms with Crippen LogP contribution in [0.1, 0.15) is 29.8 Å². The summed E-state index contributed by atoms with van der Waals surface area (Å²) in [5.41, 5.74) is 2.64. The van der Waals surface area contributed by atoms with Crippen molar-refractivity contribution in [2.45, 2.75) is 37.4 Å². The maximum atomic E-state index is 12.4. The molecule has 1 amide bonds. The van der Waals surface area contributed by atoms with Gasteiger partial charge in [-0.15, -0.1) is 0 Å². The van der Waals surface area contributed by atoms with Crippen molar-refractivity contribution in [2.75, 3.05) is 0 Å². The number of carbonyl (C=O) groups excluding carboxylic acids is 1.